The van der Waals surface area contributed by atoms with E-state index in [1.807, 2.05) is 48.4 Å². The minimum Gasteiger partial charge on any atom is -0.497 e. The lowest BCUT2D eigenvalue weighted by Crippen LogP contribution is -2.35. The van der Waals surface area contributed by atoms with Crippen molar-refractivity contribution >= 4 is 28.2 Å². The van der Waals surface area contributed by atoms with Crippen LogP contribution in [0, 0.1) is 11.3 Å². The summed E-state index contributed by atoms with van der Waals surface area (Å²) in [6, 6.07) is 7.75. The lowest BCUT2D eigenvalue weighted by molar-refractivity contribution is -0.132. The largest absolute Gasteiger partial charge is 0.497 e. The first-order valence-corrected chi connectivity index (χ1v) is 13.6. The highest BCUT2D eigenvalue weighted by molar-refractivity contribution is 7.16. The number of carbonyl (C=O) groups is 2. The Labute approximate surface area is 233 Å². The molecule has 2 N–H and O–H groups in total. The van der Waals surface area contributed by atoms with E-state index in [1.54, 1.807) is 21.3 Å². The molecular formula is C29H34N4O5S. The van der Waals surface area contributed by atoms with Crippen molar-refractivity contribution in [3.05, 3.63) is 63.8 Å². The van der Waals surface area contributed by atoms with Crippen LogP contribution in [0.3, 0.4) is 0 Å². The number of rotatable bonds is 10. The van der Waals surface area contributed by atoms with Gasteiger partial charge < -0.3 is 29.7 Å². The first kappa shape index (κ1) is 28.2. The van der Waals surface area contributed by atoms with Crippen LogP contribution in [0.1, 0.15) is 47.8 Å². The first-order valence-electron chi connectivity index (χ1n) is 12.8. The molecule has 1 atom stereocenters. The van der Waals surface area contributed by atoms with Crippen LogP contribution < -0.4 is 20.1 Å². The van der Waals surface area contributed by atoms with Gasteiger partial charge in [-0.3, -0.25) is 9.59 Å². The number of hydrogen-bond donors (Lipinski definition) is 2. The molecule has 1 aromatic heterocycles. The lowest BCUT2D eigenvalue weighted by atomic mass is 10.00. The van der Waals surface area contributed by atoms with Gasteiger partial charge in [-0.25, -0.2) is 0 Å². The van der Waals surface area contributed by atoms with E-state index in [0.717, 1.165) is 21.7 Å². The van der Waals surface area contributed by atoms with Crippen molar-refractivity contribution in [2.45, 2.75) is 51.2 Å². The van der Waals surface area contributed by atoms with Crippen LogP contribution in [0.5, 0.6) is 11.5 Å². The van der Waals surface area contributed by atoms with Crippen molar-refractivity contribution < 1.29 is 23.8 Å². The molecule has 0 radical (unpaired) electrons. The number of allylic oxidation sites excluding steroid dienone is 1. The summed E-state index contributed by atoms with van der Waals surface area (Å²) >= 11 is 1.38. The van der Waals surface area contributed by atoms with E-state index in [9.17, 15) is 14.9 Å². The van der Waals surface area contributed by atoms with E-state index in [1.165, 1.54) is 11.3 Å². The highest BCUT2D eigenvalue weighted by atomic mass is 32.1. The predicted octanol–water partition coefficient (Wildman–Crippen LogP) is 4.28. The summed E-state index contributed by atoms with van der Waals surface area (Å²) in [6.45, 7) is 2.95. The fourth-order valence-electron chi connectivity index (χ4n) is 4.76. The van der Waals surface area contributed by atoms with Gasteiger partial charge >= 0.3 is 0 Å². The number of thiophene rings is 1. The topological polar surface area (TPSA) is 113 Å². The van der Waals surface area contributed by atoms with Crippen LogP contribution in [0.25, 0.3) is 0 Å². The fourth-order valence-corrected chi connectivity index (χ4v) is 5.99. The Morgan fingerprint density at radius 2 is 2.03 bits per heavy atom. The maximum Gasteiger partial charge on any atom is 0.225 e. The number of methoxy groups -OCH3 is 3. The number of anilines is 1. The Bertz CT molecular complexity index is 1340. The Hall–Kier alpha value is -3.81. The van der Waals surface area contributed by atoms with Gasteiger partial charge in [-0.05, 0) is 73.9 Å². The highest BCUT2D eigenvalue weighted by Gasteiger charge is 2.28. The zero-order chi connectivity index (χ0) is 28.0. The SMILES string of the molecule is COc1ccc(OC)c(CCC(=O)Nc2sc3c(c2C#N)CCN(C(=O)CCC2=CC(C)(OC)C=CN2)C3)c1. The summed E-state index contributed by atoms with van der Waals surface area (Å²) in [4.78, 5) is 28.6. The number of amides is 2. The van der Waals surface area contributed by atoms with Crippen molar-refractivity contribution in [1.82, 2.24) is 10.2 Å². The molecule has 2 aliphatic rings. The molecule has 0 bridgehead atoms. The van der Waals surface area contributed by atoms with Crippen molar-refractivity contribution in [3.63, 3.8) is 0 Å². The van der Waals surface area contributed by atoms with Gasteiger partial charge in [-0.15, -0.1) is 11.3 Å². The number of hydrogen-bond acceptors (Lipinski definition) is 8. The van der Waals surface area contributed by atoms with E-state index in [2.05, 4.69) is 16.7 Å². The molecule has 0 spiro atoms. The molecule has 0 saturated heterocycles. The van der Waals surface area contributed by atoms with Gasteiger partial charge in [-0.2, -0.15) is 5.26 Å². The molecule has 2 aromatic rings. The second-order valence-electron chi connectivity index (χ2n) is 9.65. The summed E-state index contributed by atoms with van der Waals surface area (Å²) < 4.78 is 16.2. The standard InChI is InChI=1S/C29H34N4O5S/c1-29(38-4)12-13-31-20(16-29)6-10-27(35)33-14-11-22-23(17-30)28(39-25(22)18-33)32-26(34)9-5-19-15-21(36-2)7-8-24(19)37-3/h7-8,12-13,15-16,31H,5-6,9-11,14,18H2,1-4H3,(H,32,34). The van der Waals surface area contributed by atoms with E-state index in [4.69, 9.17) is 14.2 Å². The number of ether oxygens (including phenoxy) is 3. The second kappa shape index (κ2) is 12.4. The minimum absolute atomic E-state index is 0.0572. The number of nitriles is 1. The summed E-state index contributed by atoms with van der Waals surface area (Å²) in [5.41, 5.74) is 2.77. The Kier molecular flexibility index (Phi) is 8.94. The molecule has 2 aliphatic heterocycles. The number of aryl methyl sites for hydroxylation is 1. The molecule has 4 rings (SSSR count). The smallest absolute Gasteiger partial charge is 0.225 e. The number of dihydropyridines is 1. The molecule has 0 fully saturated rings. The van der Waals surface area contributed by atoms with Gasteiger partial charge in [0.15, 0.2) is 0 Å². The van der Waals surface area contributed by atoms with E-state index in [0.29, 0.717) is 60.8 Å². The van der Waals surface area contributed by atoms with E-state index < -0.39 is 5.60 Å². The summed E-state index contributed by atoms with van der Waals surface area (Å²) in [5, 5.41) is 16.5. The molecule has 0 aliphatic carbocycles. The Balaban J connectivity index is 1.36. The Morgan fingerprint density at radius 3 is 2.74 bits per heavy atom. The zero-order valence-electron chi connectivity index (χ0n) is 22.8. The van der Waals surface area contributed by atoms with Gasteiger partial charge in [0.2, 0.25) is 11.8 Å². The van der Waals surface area contributed by atoms with Crippen molar-refractivity contribution in [3.8, 4) is 17.6 Å². The van der Waals surface area contributed by atoms with Gasteiger partial charge in [0.05, 0.1) is 26.3 Å². The number of nitrogens with zero attached hydrogens (tertiary/aromatic N) is 2. The van der Waals surface area contributed by atoms with E-state index in [-0.39, 0.29) is 18.2 Å². The average molecular weight is 551 g/mol. The third-order valence-electron chi connectivity index (χ3n) is 7.08. The van der Waals surface area contributed by atoms with Gasteiger partial charge in [-0.1, -0.05) is 0 Å². The molecule has 206 valence electrons. The van der Waals surface area contributed by atoms with Crippen LogP contribution in [0.4, 0.5) is 5.00 Å². The van der Waals surface area contributed by atoms with Gasteiger partial charge in [0.25, 0.3) is 0 Å². The summed E-state index contributed by atoms with van der Waals surface area (Å²) in [6.07, 6.45) is 7.99. The third kappa shape index (κ3) is 6.61. The number of carbonyl (C=O) groups excluding carboxylic acids is 2. The van der Waals surface area contributed by atoms with Crippen molar-refractivity contribution in [2.24, 2.45) is 0 Å². The number of fused-ring (bicyclic) bond motifs is 1. The van der Waals surface area contributed by atoms with Gasteiger partial charge in [0, 0.05) is 37.1 Å². The van der Waals surface area contributed by atoms with Crippen molar-refractivity contribution in [1.29, 1.82) is 5.26 Å². The minimum atomic E-state index is -0.477. The summed E-state index contributed by atoms with van der Waals surface area (Å²) in [7, 11) is 4.84. The number of benzene rings is 1. The molecule has 0 saturated carbocycles. The Morgan fingerprint density at radius 1 is 1.21 bits per heavy atom. The fraction of sp³-hybridized carbons (Fsp3) is 0.414. The second-order valence-corrected chi connectivity index (χ2v) is 10.8. The quantitative estimate of drug-likeness (QED) is 0.454. The van der Waals surface area contributed by atoms with Crippen LogP contribution >= 0.6 is 11.3 Å². The van der Waals surface area contributed by atoms with Crippen LogP contribution in [-0.4, -0.2) is 50.2 Å². The first-order chi connectivity index (χ1) is 18.8. The zero-order valence-corrected chi connectivity index (χ0v) is 23.6. The maximum absolute atomic E-state index is 13.0. The molecule has 9 nitrogen and oxygen atoms in total. The predicted molar refractivity (Wildman–Crippen MR) is 150 cm³/mol. The molecule has 39 heavy (non-hydrogen) atoms. The monoisotopic (exact) mass is 550 g/mol. The molecule has 1 unspecified atom stereocenters. The van der Waals surface area contributed by atoms with Crippen LogP contribution in [0.2, 0.25) is 0 Å². The maximum atomic E-state index is 13.0. The van der Waals surface area contributed by atoms with Gasteiger partial charge in [0.1, 0.15) is 28.2 Å². The van der Waals surface area contributed by atoms with Crippen LogP contribution in [-0.2, 0) is 33.7 Å². The number of nitrogens with one attached hydrogen (secondary N) is 2. The lowest BCUT2D eigenvalue weighted by Gasteiger charge is -2.28. The average Bonchev–Trinajstić information content (AvgIpc) is 3.30. The molecule has 10 heteroatoms. The van der Waals surface area contributed by atoms with Crippen molar-refractivity contribution in [2.75, 3.05) is 33.2 Å². The molecular weight excluding hydrogens is 516 g/mol. The van der Waals surface area contributed by atoms with E-state index >= 15 is 0 Å². The van der Waals surface area contributed by atoms with Crippen LogP contribution in [0.15, 0.2) is 42.2 Å². The highest BCUT2D eigenvalue weighted by Crippen LogP contribution is 2.37. The third-order valence-corrected chi connectivity index (χ3v) is 8.21. The molecule has 1 aromatic carbocycles. The molecule has 2 amide bonds. The summed E-state index contributed by atoms with van der Waals surface area (Å²) in [5.74, 6) is 1.26. The normalized spacial score (nSPS) is 17.9. The molecule has 3 heterocycles.